The number of benzene rings is 2. The lowest BCUT2D eigenvalue weighted by molar-refractivity contribution is -0.148. The van der Waals surface area contributed by atoms with Gasteiger partial charge < -0.3 is 5.11 Å². The van der Waals surface area contributed by atoms with Crippen LogP contribution in [0.5, 0.6) is 0 Å². The van der Waals surface area contributed by atoms with E-state index in [0.717, 1.165) is 29.4 Å². The van der Waals surface area contributed by atoms with Gasteiger partial charge in [0.2, 0.25) is 0 Å². The summed E-state index contributed by atoms with van der Waals surface area (Å²) in [7, 11) is 1.85. The van der Waals surface area contributed by atoms with Gasteiger partial charge in [-0.05, 0) is 36.6 Å². The Hall–Kier alpha value is -2.53. The van der Waals surface area contributed by atoms with E-state index in [1.54, 1.807) is 35.0 Å². The van der Waals surface area contributed by atoms with Crippen LogP contribution in [-0.4, -0.2) is 20.8 Å². The van der Waals surface area contributed by atoms with Gasteiger partial charge in [0, 0.05) is 36.4 Å². The van der Waals surface area contributed by atoms with E-state index in [4.69, 9.17) is 0 Å². The molecule has 0 amide bonds. The van der Waals surface area contributed by atoms with Crippen LogP contribution in [0.15, 0.2) is 42.5 Å². The summed E-state index contributed by atoms with van der Waals surface area (Å²) >= 11 is 0. The van der Waals surface area contributed by atoms with Crippen LogP contribution >= 0.6 is 0 Å². The maximum Gasteiger partial charge on any atom is 0.281 e. The molecule has 0 radical (unpaired) electrons. The minimum Gasteiger partial charge on any atom is -0.374 e. The molecule has 0 spiro atoms. The van der Waals surface area contributed by atoms with Crippen LogP contribution in [0.25, 0.3) is 22.3 Å². The summed E-state index contributed by atoms with van der Waals surface area (Å²) in [6.45, 7) is 4.61. The van der Waals surface area contributed by atoms with Crippen LogP contribution in [0.2, 0.25) is 0 Å². The van der Waals surface area contributed by atoms with Crippen molar-refractivity contribution in [2.45, 2.75) is 32.3 Å². The van der Waals surface area contributed by atoms with E-state index in [0.29, 0.717) is 11.1 Å². The first-order valence-electron chi connectivity index (χ1n) is 8.51. The van der Waals surface area contributed by atoms with E-state index in [9.17, 15) is 13.9 Å². The van der Waals surface area contributed by atoms with Crippen molar-refractivity contribution < 1.29 is 13.9 Å². The van der Waals surface area contributed by atoms with Crippen LogP contribution in [0.3, 0.4) is 0 Å². The van der Waals surface area contributed by atoms with Crippen molar-refractivity contribution in [3.8, 4) is 22.3 Å². The summed E-state index contributed by atoms with van der Waals surface area (Å²) in [5, 5.41) is 15.6. The van der Waals surface area contributed by atoms with Crippen LogP contribution in [0.4, 0.5) is 8.78 Å². The third-order valence-corrected chi connectivity index (χ3v) is 5.45. The summed E-state index contributed by atoms with van der Waals surface area (Å²) in [4.78, 5) is 0. The Bertz CT molecular complexity index is 1030. The van der Waals surface area contributed by atoms with E-state index < -0.39 is 11.5 Å². The fraction of sp³-hybridized carbons (Fsp3) is 0.286. The number of hydrogen-bond acceptors (Lipinski definition) is 2. The predicted octanol–water partition coefficient (Wildman–Crippen LogP) is 4.58. The Balaban J connectivity index is 2.02. The van der Waals surface area contributed by atoms with E-state index in [-0.39, 0.29) is 11.1 Å². The minimum absolute atomic E-state index is 0.242. The van der Waals surface area contributed by atoms with Crippen LogP contribution in [-0.2, 0) is 12.6 Å². The summed E-state index contributed by atoms with van der Waals surface area (Å²) in [6.07, 6.45) is 0. The third-order valence-electron chi connectivity index (χ3n) is 5.45. The maximum absolute atomic E-state index is 14.6. The van der Waals surface area contributed by atoms with Crippen molar-refractivity contribution in [3.05, 3.63) is 65.0 Å². The van der Waals surface area contributed by atoms with Crippen LogP contribution in [0, 0.1) is 13.8 Å². The molecule has 1 heterocycles. The molecule has 1 aromatic heterocycles. The fourth-order valence-electron chi connectivity index (χ4n) is 4.08. The van der Waals surface area contributed by atoms with Crippen LogP contribution in [0.1, 0.15) is 29.4 Å². The molecule has 3 nitrogen and oxygen atoms in total. The smallest absolute Gasteiger partial charge is 0.281 e. The van der Waals surface area contributed by atoms with Gasteiger partial charge >= 0.3 is 0 Å². The average molecular weight is 354 g/mol. The highest BCUT2D eigenvalue weighted by atomic mass is 19.3. The molecule has 0 aliphatic heterocycles. The van der Waals surface area contributed by atoms with Gasteiger partial charge in [0.1, 0.15) is 0 Å². The highest BCUT2D eigenvalue weighted by Gasteiger charge is 2.56. The zero-order valence-corrected chi connectivity index (χ0v) is 15.1. The fourth-order valence-corrected chi connectivity index (χ4v) is 4.08. The maximum atomic E-state index is 14.6. The van der Waals surface area contributed by atoms with Crippen LogP contribution < -0.4 is 0 Å². The molecular formula is C21H20F2N2O. The molecule has 5 heteroatoms. The number of aryl methyl sites for hydroxylation is 2. The first-order chi connectivity index (χ1) is 12.2. The molecule has 1 N–H and O–H groups in total. The number of nitrogens with zero attached hydrogens (tertiary/aromatic N) is 2. The average Bonchev–Trinajstić information content (AvgIpc) is 3.00. The Morgan fingerprint density at radius 3 is 2.31 bits per heavy atom. The van der Waals surface area contributed by atoms with Gasteiger partial charge in [-0.15, -0.1) is 0 Å². The summed E-state index contributed by atoms with van der Waals surface area (Å²) in [5.74, 6) is -3.33. The normalized spacial score (nSPS) is 18.7. The minimum atomic E-state index is -3.33. The molecule has 1 aliphatic carbocycles. The molecule has 0 saturated carbocycles. The van der Waals surface area contributed by atoms with Gasteiger partial charge in [-0.1, -0.05) is 36.4 Å². The Morgan fingerprint density at radius 2 is 1.69 bits per heavy atom. The van der Waals surface area contributed by atoms with E-state index >= 15 is 0 Å². The molecule has 2 aromatic carbocycles. The molecule has 4 rings (SSSR count). The molecule has 0 fully saturated rings. The number of hydrogen-bond donors (Lipinski definition) is 1. The van der Waals surface area contributed by atoms with Crippen molar-refractivity contribution in [3.63, 3.8) is 0 Å². The quantitative estimate of drug-likeness (QED) is 0.732. The Morgan fingerprint density at radius 1 is 1.04 bits per heavy atom. The first kappa shape index (κ1) is 16.9. The molecule has 0 bridgehead atoms. The molecule has 1 unspecified atom stereocenters. The molecule has 26 heavy (non-hydrogen) atoms. The van der Waals surface area contributed by atoms with Gasteiger partial charge in [0.05, 0.1) is 5.69 Å². The largest absolute Gasteiger partial charge is 0.374 e. The lowest BCUT2D eigenvalue weighted by atomic mass is 9.84. The number of aliphatic hydroxyl groups is 1. The monoisotopic (exact) mass is 354 g/mol. The second-order valence-electron chi connectivity index (χ2n) is 7.07. The van der Waals surface area contributed by atoms with Gasteiger partial charge in [-0.3, -0.25) is 4.68 Å². The molecular weight excluding hydrogens is 334 g/mol. The molecule has 134 valence electrons. The van der Waals surface area contributed by atoms with Gasteiger partial charge in [0.25, 0.3) is 5.92 Å². The Labute approximate surface area is 150 Å². The summed E-state index contributed by atoms with van der Waals surface area (Å²) < 4.78 is 31.0. The molecule has 1 atom stereocenters. The number of alkyl halides is 2. The molecule has 3 aromatic rings. The third kappa shape index (κ3) is 2.04. The number of aromatic nitrogens is 2. The van der Waals surface area contributed by atoms with Crippen molar-refractivity contribution in [2.75, 3.05) is 0 Å². The number of fused-ring (bicyclic) bond motifs is 3. The van der Waals surface area contributed by atoms with Gasteiger partial charge in [-0.25, -0.2) is 8.78 Å². The second kappa shape index (κ2) is 5.24. The van der Waals surface area contributed by atoms with E-state index in [1.165, 1.54) is 0 Å². The SMILES string of the molecule is Cc1nn(C)c(C)c1-c1ccc2c(c1)C(O)(C(C)(F)F)c1ccccc1-2. The highest BCUT2D eigenvalue weighted by Crippen LogP contribution is 2.54. The van der Waals surface area contributed by atoms with Crippen molar-refractivity contribution in [1.82, 2.24) is 9.78 Å². The van der Waals surface area contributed by atoms with Gasteiger partial charge in [0.15, 0.2) is 5.60 Å². The lowest BCUT2D eigenvalue weighted by Crippen LogP contribution is -2.42. The summed E-state index contributed by atoms with van der Waals surface area (Å²) in [6, 6.07) is 12.2. The lowest BCUT2D eigenvalue weighted by Gasteiger charge is -2.32. The van der Waals surface area contributed by atoms with Crippen molar-refractivity contribution in [1.29, 1.82) is 0 Å². The molecule has 0 saturated heterocycles. The topological polar surface area (TPSA) is 38.0 Å². The number of rotatable bonds is 2. The van der Waals surface area contributed by atoms with Crippen molar-refractivity contribution >= 4 is 0 Å². The standard InChI is InChI=1S/C21H20F2N2O/c1-12-19(13(2)25(4)24-12)14-9-10-16-15-7-5-6-8-17(15)21(26,18(16)11-14)20(3,22)23/h5-11,26H,1-4H3. The van der Waals surface area contributed by atoms with E-state index in [2.05, 4.69) is 5.10 Å². The second-order valence-corrected chi connectivity index (χ2v) is 7.07. The highest BCUT2D eigenvalue weighted by molar-refractivity contribution is 5.84. The predicted molar refractivity (Wildman–Crippen MR) is 97.2 cm³/mol. The molecule has 1 aliphatic rings. The number of halogens is 2. The first-order valence-corrected chi connectivity index (χ1v) is 8.51. The summed E-state index contributed by atoms with van der Waals surface area (Å²) in [5.41, 5.74) is 2.90. The van der Waals surface area contributed by atoms with E-state index in [1.807, 2.05) is 33.0 Å². The van der Waals surface area contributed by atoms with Crippen molar-refractivity contribution in [2.24, 2.45) is 7.05 Å². The Kier molecular flexibility index (Phi) is 3.41. The zero-order valence-electron chi connectivity index (χ0n) is 15.1. The zero-order chi connectivity index (χ0) is 18.9. The van der Waals surface area contributed by atoms with Gasteiger partial charge in [-0.2, -0.15) is 5.10 Å².